The Balaban J connectivity index is 1.95. The third-order valence-corrected chi connectivity index (χ3v) is 7.63. The first-order valence-corrected chi connectivity index (χ1v) is 9.72. The first-order chi connectivity index (χ1) is 12.2. The van der Waals surface area contributed by atoms with E-state index in [0.29, 0.717) is 11.5 Å². The summed E-state index contributed by atoms with van der Waals surface area (Å²) >= 11 is 0. The summed E-state index contributed by atoms with van der Waals surface area (Å²) in [5, 5.41) is 2.65. The van der Waals surface area contributed by atoms with Crippen LogP contribution in [-0.2, 0) is 19.7 Å². The molecule has 0 saturated carbocycles. The minimum absolute atomic E-state index is 0.0901. The number of hydrogen-bond acceptors (Lipinski definition) is 3. The minimum Gasteiger partial charge on any atom is -0.500 e. The lowest BCUT2D eigenvalue weighted by atomic mass is 9.75. The van der Waals surface area contributed by atoms with Gasteiger partial charge in [0, 0.05) is 12.2 Å². The van der Waals surface area contributed by atoms with Crippen LogP contribution in [0.15, 0.2) is 78.3 Å². The van der Waals surface area contributed by atoms with Gasteiger partial charge in [-0.05, 0) is 30.3 Å². The summed E-state index contributed by atoms with van der Waals surface area (Å²) in [6.45, 7) is 0. The van der Waals surface area contributed by atoms with Crippen molar-refractivity contribution in [1.29, 1.82) is 0 Å². The number of benzene rings is 2. The van der Waals surface area contributed by atoms with Gasteiger partial charge in [0.1, 0.15) is 16.9 Å². The van der Waals surface area contributed by atoms with Crippen LogP contribution in [0, 0.1) is 0 Å². The van der Waals surface area contributed by atoms with Gasteiger partial charge in [-0.1, -0.05) is 54.6 Å². The molecule has 2 aromatic carbocycles. The second kappa shape index (κ2) is 6.16. The van der Waals surface area contributed by atoms with Crippen LogP contribution < -0.4 is 10.6 Å². The molecule has 0 radical (unpaired) electrons. The van der Waals surface area contributed by atoms with Gasteiger partial charge in [-0.25, -0.2) is 0 Å². The van der Waals surface area contributed by atoms with Gasteiger partial charge >= 0.3 is 0 Å². The molecule has 3 nitrogen and oxygen atoms in total. The van der Waals surface area contributed by atoms with Gasteiger partial charge in [-0.15, -0.1) is 0 Å². The number of methoxy groups -OCH3 is 2. The molecule has 0 N–H and O–H groups in total. The molecule has 4 heteroatoms. The Morgan fingerprint density at radius 3 is 2.12 bits per heavy atom. The predicted molar refractivity (Wildman–Crippen MR) is 101 cm³/mol. The molecule has 0 amide bonds. The maximum absolute atomic E-state index is 12.1. The van der Waals surface area contributed by atoms with Gasteiger partial charge in [0.2, 0.25) is 0 Å². The molecule has 0 aromatic heterocycles. The minimum atomic E-state index is -0.559. The van der Waals surface area contributed by atoms with E-state index in [1.54, 1.807) is 26.4 Å². The number of ether oxygens (including phenoxy) is 2. The highest BCUT2D eigenvalue weighted by molar-refractivity contribution is 7.73. The largest absolute Gasteiger partial charge is 0.500 e. The Labute approximate surface area is 148 Å². The van der Waals surface area contributed by atoms with Gasteiger partial charge < -0.3 is 9.47 Å². The monoisotopic (exact) mass is 350 g/mol. The van der Waals surface area contributed by atoms with Crippen LogP contribution in [0.5, 0.6) is 0 Å². The van der Waals surface area contributed by atoms with E-state index in [1.807, 2.05) is 12.1 Å². The molecular weight excluding hydrogens is 331 g/mol. The molecule has 1 aliphatic heterocycles. The normalized spacial score (nSPS) is 20.7. The van der Waals surface area contributed by atoms with Crippen molar-refractivity contribution in [3.8, 4) is 0 Å². The second-order valence-electron chi connectivity index (χ2n) is 6.17. The Kier molecular flexibility index (Phi) is 3.97. The van der Waals surface area contributed by atoms with E-state index >= 15 is 0 Å². The topological polar surface area (TPSA) is 35.5 Å². The third kappa shape index (κ3) is 2.34. The van der Waals surface area contributed by atoms with Crippen molar-refractivity contribution in [2.45, 2.75) is 5.41 Å². The van der Waals surface area contributed by atoms with E-state index in [9.17, 15) is 4.79 Å². The highest BCUT2D eigenvalue weighted by Crippen LogP contribution is 2.57. The third-order valence-electron chi connectivity index (χ3n) is 4.95. The Morgan fingerprint density at radius 2 is 1.48 bits per heavy atom. The molecule has 2 aromatic rings. The van der Waals surface area contributed by atoms with Crippen molar-refractivity contribution in [3.63, 3.8) is 0 Å². The fourth-order valence-electron chi connectivity index (χ4n) is 3.87. The molecule has 0 saturated heterocycles. The van der Waals surface area contributed by atoms with E-state index < -0.39 is 13.3 Å². The zero-order valence-electron chi connectivity index (χ0n) is 14.2. The molecule has 25 heavy (non-hydrogen) atoms. The number of carbonyl (C=O) groups is 1. The molecule has 0 fully saturated rings. The lowest BCUT2D eigenvalue weighted by Gasteiger charge is -2.35. The summed E-state index contributed by atoms with van der Waals surface area (Å²) in [6, 6.07) is 19.0. The zero-order chi connectivity index (χ0) is 17.4. The Hall–Kier alpha value is -2.38. The lowest BCUT2D eigenvalue weighted by Crippen LogP contribution is -2.37. The molecule has 1 heterocycles. The van der Waals surface area contributed by atoms with Crippen LogP contribution in [0.1, 0.15) is 5.56 Å². The molecule has 1 atom stereocenters. The van der Waals surface area contributed by atoms with Crippen LogP contribution in [0.25, 0.3) is 0 Å². The first-order valence-electron chi connectivity index (χ1n) is 8.19. The highest BCUT2D eigenvalue weighted by Gasteiger charge is 2.53. The lowest BCUT2D eigenvalue weighted by molar-refractivity contribution is -0.111. The van der Waals surface area contributed by atoms with Gasteiger partial charge in [-0.3, -0.25) is 4.79 Å². The summed E-state index contributed by atoms with van der Waals surface area (Å²) < 4.78 is 11.4. The number of allylic oxidation sites excluding steroid dienone is 2. The Bertz CT molecular complexity index is 859. The summed E-state index contributed by atoms with van der Waals surface area (Å²) in [4.78, 5) is 12.1. The molecule has 2 aliphatic rings. The number of rotatable bonds is 3. The van der Waals surface area contributed by atoms with Crippen molar-refractivity contribution >= 4 is 24.3 Å². The smallest absolute Gasteiger partial charge is 0.185 e. The molecule has 126 valence electrons. The fraction of sp³-hybridized carbons (Fsp3) is 0.190. The van der Waals surface area contributed by atoms with Crippen molar-refractivity contribution in [2.75, 3.05) is 20.4 Å². The van der Waals surface area contributed by atoms with E-state index in [4.69, 9.17) is 9.47 Å². The van der Waals surface area contributed by atoms with Crippen molar-refractivity contribution in [2.24, 2.45) is 0 Å². The summed E-state index contributed by atoms with van der Waals surface area (Å²) in [5.74, 6) is 1.25. The van der Waals surface area contributed by atoms with Crippen LogP contribution in [0.4, 0.5) is 0 Å². The van der Waals surface area contributed by atoms with Crippen molar-refractivity contribution in [3.05, 3.63) is 83.8 Å². The van der Waals surface area contributed by atoms with Crippen LogP contribution >= 0.6 is 7.92 Å². The van der Waals surface area contributed by atoms with Crippen molar-refractivity contribution < 1.29 is 14.3 Å². The van der Waals surface area contributed by atoms with E-state index in [2.05, 4.69) is 42.5 Å². The summed E-state index contributed by atoms with van der Waals surface area (Å²) in [5.41, 5.74) is 0.661. The average molecular weight is 350 g/mol. The first kappa shape index (κ1) is 16.1. The maximum atomic E-state index is 12.1. The van der Waals surface area contributed by atoms with Gasteiger partial charge in [-0.2, -0.15) is 0 Å². The Morgan fingerprint density at radius 1 is 0.880 bits per heavy atom. The van der Waals surface area contributed by atoms with E-state index in [-0.39, 0.29) is 5.78 Å². The molecule has 1 aliphatic carbocycles. The van der Waals surface area contributed by atoms with Crippen LogP contribution in [0.2, 0.25) is 0 Å². The molecular formula is C21H19O3P. The number of fused-ring (bicyclic) bond motifs is 2. The quantitative estimate of drug-likeness (QED) is 0.799. The van der Waals surface area contributed by atoms with E-state index in [1.165, 1.54) is 16.2 Å². The molecule has 1 spiro atoms. The molecule has 0 bridgehead atoms. The summed E-state index contributed by atoms with van der Waals surface area (Å²) in [7, 11) is 2.70. The summed E-state index contributed by atoms with van der Waals surface area (Å²) in [6.07, 6.45) is 4.05. The average Bonchev–Trinajstić information content (AvgIpc) is 3.00. The highest BCUT2D eigenvalue weighted by atomic mass is 31.1. The van der Waals surface area contributed by atoms with Gasteiger partial charge in [0.15, 0.2) is 5.78 Å². The van der Waals surface area contributed by atoms with Crippen molar-refractivity contribution in [1.82, 2.24) is 0 Å². The number of ketones is 1. The number of hydrogen-bond donors (Lipinski definition) is 0. The zero-order valence-corrected chi connectivity index (χ0v) is 15.1. The van der Waals surface area contributed by atoms with Gasteiger partial charge in [0.25, 0.3) is 0 Å². The predicted octanol–water partition coefficient (Wildman–Crippen LogP) is 3.01. The van der Waals surface area contributed by atoms with E-state index in [0.717, 1.165) is 6.16 Å². The van der Waals surface area contributed by atoms with Crippen LogP contribution in [-0.4, -0.2) is 26.2 Å². The molecule has 4 rings (SSSR count). The number of carbonyl (C=O) groups excluding carboxylic acids is 1. The van der Waals surface area contributed by atoms with Crippen LogP contribution in [0.3, 0.4) is 0 Å². The maximum Gasteiger partial charge on any atom is 0.185 e. The SMILES string of the molecule is COC1=CC(=O)C=C(OC)C12CP(c1ccccc1)c1ccccc12. The second-order valence-corrected chi connectivity index (χ2v) is 8.34. The molecule has 1 unspecified atom stereocenters. The van der Waals surface area contributed by atoms with Gasteiger partial charge in [0.05, 0.1) is 14.2 Å². The fourth-order valence-corrected chi connectivity index (χ4v) is 6.81. The standard InChI is InChI=1S/C21H19O3P/c1-23-19-12-15(22)13-20(24-2)21(19)14-25(16-8-4-3-5-9-16)18-11-7-6-10-17(18)21/h3-13H,14H2,1-2H3.